The first-order chi connectivity index (χ1) is 14.0. The summed E-state index contributed by atoms with van der Waals surface area (Å²) in [5.74, 6) is -0.167. The molecule has 1 aromatic heterocycles. The maximum absolute atomic E-state index is 11.8. The summed E-state index contributed by atoms with van der Waals surface area (Å²) in [5, 5.41) is 8.44. The van der Waals surface area contributed by atoms with Gasteiger partial charge in [0.05, 0.1) is 5.41 Å². The number of hydrogen-bond donors (Lipinski definition) is 3. The van der Waals surface area contributed by atoms with E-state index in [4.69, 9.17) is 11.5 Å². The normalized spacial score (nSPS) is 14.5. The Bertz CT molecular complexity index is 1020. The Morgan fingerprint density at radius 2 is 1.55 bits per heavy atom. The molecule has 3 aromatic rings. The fourth-order valence-electron chi connectivity index (χ4n) is 4.59. The average molecular weight is 389 g/mol. The SMILES string of the molecule is CCCC1(c2nnc[nH]2)c2ccc(C(N)=O)cc2CCc2cc(C(N)=O)ccc21. The van der Waals surface area contributed by atoms with E-state index in [1.54, 1.807) is 18.5 Å². The van der Waals surface area contributed by atoms with Gasteiger partial charge in [0.1, 0.15) is 12.2 Å². The number of aromatic nitrogens is 3. The van der Waals surface area contributed by atoms with Crippen LogP contribution in [-0.4, -0.2) is 27.0 Å². The van der Waals surface area contributed by atoms with E-state index in [2.05, 4.69) is 22.1 Å². The van der Waals surface area contributed by atoms with Crippen molar-refractivity contribution in [2.45, 2.75) is 38.0 Å². The molecular weight excluding hydrogens is 366 g/mol. The maximum atomic E-state index is 11.8. The predicted octanol–water partition coefficient (Wildman–Crippen LogP) is 2.24. The standard InChI is InChI=1S/C22H23N5O2/c1-2-9-22(21-25-12-26-27-21)17-7-5-15(19(23)28)10-13(17)3-4-14-11-16(20(24)29)6-8-18(14)22/h5-8,10-12H,2-4,9H2,1H3,(H2,23,28)(H2,24,29)(H,25,26,27). The number of nitrogens with zero attached hydrogens (tertiary/aromatic N) is 2. The quantitative estimate of drug-likeness (QED) is 0.618. The molecule has 0 atom stereocenters. The average Bonchev–Trinajstić information content (AvgIpc) is 3.21. The number of H-pyrrole nitrogens is 1. The Kier molecular flexibility index (Phi) is 4.66. The number of benzene rings is 2. The highest BCUT2D eigenvalue weighted by Gasteiger charge is 2.43. The Morgan fingerprint density at radius 3 is 1.97 bits per heavy atom. The van der Waals surface area contributed by atoms with Gasteiger partial charge in [0.2, 0.25) is 11.8 Å². The van der Waals surface area contributed by atoms with Crippen LogP contribution in [0.15, 0.2) is 42.7 Å². The van der Waals surface area contributed by atoms with Crippen LogP contribution in [0.3, 0.4) is 0 Å². The Labute approximate surface area is 168 Å². The first-order valence-electron chi connectivity index (χ1n) is 9.70. The fourth-order valence-corrected chi connectivity index (χ4v) is 4.59. The molecule has 5 N–H and O–H groups in total. The number of amides is 2. The van der Waals surface area contributed by atoms with E-state index in [-0.39, 0.29) is 0 Å². The molecule has 0 saturated heterocycles. The van der Waals surface area contributed by atoms with Crippen LogP contribution in [0.4, 0.5) is 0 Å². The molecule has 1 aliphatic rings. The van der Waals surface area contributed by atoms with Crippen molar-refractivity contribution in [3.8, 4) is 0 Å². The molecule has 0 fully saturated rings. The van der Waals surface area contributed by atoms with Crippen LogP contribution in [-0.2, 0) is 18.3 Å². The van der Waals surface area contributed by atoms with E-state index < -0.39 is 17.2 Å². The molecular formula is C22H23N5O2. The summed E-state index contributed by atoms with van der Waals surface area (Å²) in [5.41, 5.74) is 15.7. The van der Waals surface area contributed by atoms with Crippen LogP contribution >= 0.6 is 0 Å². The second-order valence-corrected chi connectivity index (χ2v) is 7.47. The minimum absolute atomic E-state index is 0.452. The monoisotopic (exact) mass is 389 g/mol. The van der Waals surface area contributed by atoms with Crippen molar-refractivity contribution >= 4 is 11.8 Å². The number of primary amides is 2. The summed E-state index contributed by atoms with van der Waals surface area (Å²) in [6.45, 7) is 2.12. The zero-order valence-corrected chi connectivity index (χ0v) is 16.2. The molecule has 0 saturated carbocycles. The van der Waals surface area contributed by atoms with Gasteiger partial charge in [-0.15, -0.1) is 10.2 Å². The van der Waals surface area contributed by atoms with E-state index in [1.165, 1.54) is 0 Å². The van der Waals surface area contributed by atoms with Crippen LogP contribution < -0.4 is 11.5 Å². The summed E-state index contributed by atoms with van der Waals surface area (Å²) in [6, 6.07) is 11.2. The third kappa shape index (κ3) is 2.99. The summed E-state index contributed by atoms with van der Waals surface area (Å²) < 4.78 is 0. The van der Waals surface area contributed by atoms with Crippen LogP contribution in [0.25, 0.3) is 0 Å². The van der Waals surface area contributed by atoms with Gasteiger partial charge < -0.3 is 16.5 Å². The predicted molar refractivity (Wildman–Crippen MR) is 109 cm³/mol. The third-order valence-corrected chi connectivity index (χ3v) is 5.81. The van der Waals surface area contributed by atoms with Crippen molar-refractivity contribution in [1.82, 2.24) is 15.2 Å². The van der Waals surface area contributed by atoms with Crippen molar-refractivity contribution in [2.24, 2.45) is 11.5 Å². The Morgan fingerprint density at radius 1 is 1.00 bits per heavy atom. The summed E-state index contributed by atoms with van der Waals surface area (Å²) in [7, 11) is 0. The number of nitrogens with one attached hydrogen (secondary N) is 1. The lowest BCUT2D eigenvalue weighted by molar-refractivity contribution is 0.0991. The minimum Gasteiger partial charge on any atom is -0.366 e. The van der Waals surface area contributed by atoms with Gasteiger partial charge in [-0.05, 0) is 65.8 Å². The molecule has 0 radical (unpaired) electrons. The summed E-state index contributed by atoms with van der Waals surface area (Å²) in [6.07, 6.45) is 4.69. The summed E-state index contributed by atoms with van der Waals surface area (Å²) >= 11 is 0. The molecule has 0 unspecified atom stereocenters. The highest BCUT2D eigenvalue weighted by Crippen LogP contribution is 2.46. The van der Waals surface area contributed by atoms with E-state index in [0.29, 0.717) is 24.0 Å². The van der Waals surface area contributed by atoms with Crippen molar-refractivity contribution in [3.63, 3.8) is 0 Å². The number of hydrogen-bond acceptors (Lipinski definition) is 4. The first-order valence-corrected chi connectivity index (χ1v) is 9.70. The molecule has 1 heterocycles. The molecule has 0 bridgehead atoms. The number of carbonyl (C=O) groups is 2. The molecule has 2 amide bonds. The Balaban J connectivity index is 2.05. The van der Waals surface area contributed by atoms with Crippen molar-refractivity contribution in [3.05, 3.63) is 81.9 Å². The highest BCUT2D eigenvalue weighted by molar-refractivity contribution is 5.94. The van der Waals surface area contributed by atoms with Gasteiger partial charge in [-0.3, -0.25) is 9.59 Å². The number of nitrogens with two attached hydrogens (primary N) is 2. The number of rotatable bonds is 5. The third-order valence-electron chi connectivity index (χ3n) is 5.81. The fraction of sp³-hybridized carbons (Fsp3) is 0.273. The molecule has 29 heavy (non-hydrogen) atoms. The molecule has 4 rings (SSSR count). The van der Waals surface area contributed by atoms with E-state index in [0.717, 1.165) is 40.9 Å². The lowest BCUT2D eigenvalue weighted by atomic mass is 9.68. The zero-order valence-electron chi connectivity index (χ0n) is 16.2. The molecule has 148 valence electrons. The van der Waals surface area contributed by atoms with Gasteiger partial charge in [-0.2, -0.15) is 0 Å². The molecule has 2 aromatic carbocycles. The van der Waals surface area contributed by atoms with Crippen LogP contribution in [0.2, 0.25) is 0 Å². The number of aromatic amines is 1. The van der Waals surface area contributed by atoms with Gasteiger partial charge in [-0.25, -0.2) is 0 Å². The lowest BCUT2D eigenvalue weighted by Gasteiger charge is -2.34. The van der Waals surface area contributed by atoms with Crippen LogP contribution in [0.1, 0.15) is 68.6 Å². The van der Waals surface area contributed by atoms with Crippen molar-refractivity contribution < 1.29 is 9.59 Å². The second kappa shape index (κ2) is 7.16. The van der Waals surface area contributed by atoms with Crippen molar-refractivity contribution in [1.29, 1.82) is 0 Å². The molecule has 7 heteroatoms. The first kappa shape index (κ1) is 18.9. The van der Waals surface area contributed by atoms with Crippen molar-refractivity contribution in [2.75, 3.05) is 0 Å². The molecule has 7 nitrogen and oxygen atoms in total. The largest absolute Gasteiger partial charge is 0.366 e. The molecule has 0 aliphatic heterocycles. The van der Waals surface area contributed by atoms with Gasteiger partial charge in [-0.1, -0.05) is 25.5 Å². The smallest absolute Gasteiger partial charge is 0.248 e. The number of carbonyl (C=O) groups excluding carboxylic acids is 2. The topological polar surface area (TPSA) is 128 Å². The number of aryl methyl sites for hydroxylation is 2. The molecule has 0 spiro atoms. The molecule has 1 aliphatic carbocycles. The minimum atomic E-state index is -0.571. The van der Waals surface area contributed by atoms with Gasteiger partial charge in [0.25, 0.3) is 0 Å². The van der Waals surface area contributed by atoms with Crippen LogP contribution in [0, 0.1) is 0 Å². The van der Waals surface area contributed by atoms with E-state index in [1.807, 2.05) is 24.3 Å². The lowest BCUT2D eigenvalue weighted by Crippen LogP contribution is -2.32. The van der Waals surface area contributed by atoms with Gasteiger partial charge in [0, 0.05) is 11.1 Å². The second-order valence-electron chi connectivity index (χ2n) is 7.47. The highest BCUT2D eigenvalue weighted by atomic mass is 16.1. The Hall–Kier alpha value is -3.48. The zero-order chi connectivity index (χ0) is 20.6. The van der Waals surface area contributed by atoms with E-state index in [9.17, 15) is 9.59 Å². The summed E-state index contributed by atoms with van der Waals surface area (Å²) in [4.78, 5) is 26.7. The van der Waals surface area contributed by atoms with Gasteiger partial charge in [0.15, 0.2) is 0 Å². The van der Waals surface area contributed by atoms with E-state index >= 15 is 0 Å². The van der Waals surface area contributed by atoms with Crippen LogP contribution in [0.5, 0.6) is 0 Å². The maximum Gasteiger partial charge on any atom is 0.248 e. The van der Waals surface area contributed by atoms with Gasteiger partial charge >= 0.3 is 0 Å². The number of fused-ring (bicyclic) bond motifs is 2.